The summed E-state index contributed by atoms with van der Waals surface area (Å²) in [7, 11) is 0. The van der Waals surface area contributed by atoms with Crippen LogP contribution in [0.1, 0.15) is 12.8 Å². The predicted octanol–water partition coefficient (Wildman–Crippen LogP) is 2.89. The minimum Gasteiger partial charge on any atom is -0.492 e. The quantitative estimate of drug-likeness (QED) is 0.888. The van der Waals surface area contributed by atoms with Gasteiger partial charge in [0.15, 0.2) is 0 Å². The molecule has 0 radical (unpaired) electrons. The molecule has 1 heterocycles. The lowest BCUT2D eigenvalue weighted by Crippen LogP contribution is -2.28. The second-order valence-corrected chi connectivity index (χ2v) is 4.00. The maximum atomic E-state index is 5.84. The molecule has 1 aromatic carbocycles. The van der Waals surface area contributed by atoms with Crippen LogP contribution in [0.2, 0.25) is 5.02 Å². The number of benzene rings is 1. The highest BCUT2D eigenvalue weighted by Gasteiger charge is 2.14. The van der Waals surface area contributed by atoms with Crippen molar-refractivity contribution in [3.63, 3.8) is 0 Å². The molecule has 1 fully saturated rings. The van der Waals surface area contributed by atoms with Crippen molar-refractivity contribution in [1.82, 2.24) is 5.32 Å². The highest BCUT2D eigenvalue weighted by Crippen LogP contribution is 2.17. The first-order chi connectivity index (χ1) is 6.84. The van der Waals surface area contributed by atoms with Crippen molar-refractivity contribution in [2.45, 2.75) is 18.9 Å². The number of nitrogens with one attached hydrogen (secondary N) is 1. The Hall–Kier alpha value is -0.440. The van der Waals surface area contributed by atoms with Crippen LogP contribution in [0, 0.1) is 0 Å². The first-order valence-corrected chi connectivity index (χ1v) is 5.34. The van der Waals surface area contributed by atoms with Gasteiger partial charge in [-0.15, -0.1) is 12.4 Å². The lowest BCUT2D eigenvalue weighted by Gasteiger charge is -2.11. The monoisotopic (exact) mass is 247 g/mol. The van der Waals surface area contributed by atoms with Crippen LogP contribution in [-0.4, -0.2) is 19.2 Å². The highest BCUT2D eigenvalue weighted by atomic mass is 35.5. The van der Waals surface area contributed by atoms with E-state index in [1.54, 1.807) is 0 Å². The van der Waals surface area contributed by atoms with Crippen molar-refractivity contribution in [3.8, 4) is 5.75 Å². The van der Waals surface area contributed by atoms with Crippen molar-refractivity contribution in [2.75, 3.05) is 13.2 Å². The average Bonchev–Trinajstić information content (AvgIpc) is 2.67. The second kappa shape index (κ2) is 6.21. The van der Waals surface area contributed by atoms with Crippen molar-refractivity contribution in [2.24, 2.45) is 0 Å². The topological polar surface area (TPSA) is 21.3 Å². The summed E-state index contributed by atoms with van der Waals surface area (Å²) >= 11 is 5.84. The summed E-state index contributed by atoms with van der Waals surface area (Å²) in [6.07, 6.45) is 2.46. The van der Waals surface area contributed by atoms with Crippen LogP contribution in [0.4, 0.5) is 0 Å². The van der Waals surface area contributed by atoms with Gasteiger partial charge < -0.3 is 10.1 Å². The standard InChI is InChI=1S/C11H14ClNO.ClH/c12-9-3-1-5-11(7-9)14-8-10-4-2-6-13-10;/h1,3,5,7,10,13H,2,4,6,8H2;1H. The molecule has 15 heavy (non-hydrogen) atoms. The zero-order valence-corrected chi connectivity index (χ0v) is 9.98. The molecule has 1 N–H and O–H groups in total. The van der Waals surface area contributed by atoms with Crippen molar-refractivity contribution in [3.05, 3.63) is 29.3 Å². The summed E-state index contributed by atoms with van der Waals surface area (Å²) in [4.78, 5) is 0. The van der Waals surface area contributed by atoms with Crippen molar-refractivity contribution >= 4 is 24.0 Å². The van der Waals surface area contributed by atoms with Gasteiger partial charge in [0.05, 0.1) is 0 Å². The lowest BCUT2D eigenvalue weighted by atomic mass is 10.2. The third-order valence-electron chi connectivity index (χ3n) is 2.41. The minimum absolute atomic E-state index is 0. The maximum absolute atomic E-state index is 5.84. The summed E-state index contributed by atoms with van der Waals surface area (Å²) in [6.45, 7) is 1.85. The van der Waals surface area contributed by atoms with Crippen LogP contribution in [0.5, 0.6) is 5.75 Å². The van der Waals surface area contributed by atoms with Crippen LogP contribution in [0.3, 0.4) is 0 Å². The van der Waals surface area contributed by atoms with Gasteiger partial charge in [-0.05, 0) is 37.6 Å². The fourth-order valence-electron chi connectivity index (χ4n) is 1.65. The number of ether oxygens (including phenoxy) is 1. The van der Waals surface area contributed by atoms with E-state index in [0.717, 1.165) is 23.9 Å². The molecular formula is C11H15Cl2NO. The second-order valence-electron chi connectivity index (χ2n) is 3.56. The highest BCUT2D eigenvalue weighted by molar-refractivity contribution is 6.30. The Kier molecular flexibility index (Phi) is 5.23. The van der Waals surface area contributed by atoms with E-state index in [1.165, 1.54) is 12.8 Å². The Morgan fingerprint density at radius 1 is 1.47 bits per heavy atom. The molecule has 2 nitrogen and oxygen atoms in total. The molecule has 1 aliphatic heterocycles. The Bertz CT molecular complexity index is 300. The van der Waals surface area contributed by atoms with E-state index < -0.39 is 0 Å². The molecule has 1 aliphatic rings. The average molecular weight is 248 g/mol. The molecular weight excluding hydrogens is 233 g/mol. The molecule has 1 unspecified atom stereocenters. The Morgan fingerprint density at radius 2 is 2.33 bits per heavy atom. The van der Waals surface area contributed by atoms with E-state index in [4.69, 9.17) is 16.3 Å². The number of rotatable bonds is 3. The normalized spacial score (nSPS) is 19.7. The van der Waals surface area contributed by atoms with Crippen molar-refractivity contribution in [1.29, 1.82) is 0 Å². The van der Waals surface area contributed by atoms with Gasteiger partial charge in [0.25, 0.3) is 0 Å². The molecule has 0 amide bonds. The van der Waals surface area contributed by atoms with Gasteiger partial charge in [0, 0.05) is 11.1 Å². The first-order valence-electron chi connectivity index (χ1n) is 4.96. The Morgan fingerprint density at radius 3 is 3.00 bits per heavy atom. The van der Waals surface area contributed by atoms with Gasteiger partial charge in [-0.3, -0.25) is 0 Å². The largest absolute Gasteiger partial charge is 0.492 e. The van der Waals surface area contributed by atoms with Crippen LogP contribution in [-0.2, 0) is 0 Å². The zero-order chi connectivity index (χ0) is 9.80. The molecule has 84 valence electrons. The van der Waals surface area contributed by atoms with Gasteiger partial charge in [-0.2, -0.15) is 0 Å². The van der Waals surface area contributed by atoms with Gasteiger partial charge in [0.1, 0.15) is 12.4 Å². The van der Waals surface area contributed by atoms with E-state index in [1.807, 2.05) is 24.3 Å². The fourth-order valence-corrected chi connectivity index (χ4v) is 1.83. The van der Waals surface area contributed by atoms with Gasteiger partial charge in [-0.25, -0.2) is 0 Å². The molecule has 0 spiro atoms. The van der Waals surface area contributed by atoms with Crippen LogP contribution >= 0.6 is 24.0 Å². The van der Waals surface area contributed by atoms with Crippen molar-refractivity contribution < 1.29 is 4.74 Å². The SMILES string of the molecule is Cl.Clc1cccc(OCC2CCCN2)c1. The van der Waals surface area contributed by atoms with Crippen LogP contribution < -0.4 is 10.1 Å². The third kappa shape index (κ3) is 3.90. The zero-order valence-electron chi connectivity index (χ0n) is 8.41. The molecule has 0 aliphatic carbocycles. The minimum atomic E-state index is 0. The van der Waals surface area contributed by atoms with E-state index in [9.17, 15) is 0 Å². The predicted molar refractivity (Wildman–Crippen MR) is 65.2 cm³/mol. The van der Waals surface area contributed by atoms with E-state index in [-0.39, 0.29) is 12.4 Å². The molecule has 1 aromatic rings. The summed E-state index contributed by atoms with van der Waals surface area (Å²) in [5, 5.41) is 4.11. The molecule has 0 saturated carbocycles. The van der Waals surface area contributed by atoms with Gasteiger partial charge in [-0.1, -0.05) is 17.7 Å². The molecule has 1 atom stereocenters. The summed E-state index contributed by atoms with van der Waals surface area (Å²) < 4.78 is 5.62. The third-order valence-corrected chi connectivity index (χ3v) is 2.64. The maximum Gasteiger partial charge on any atom is 0.120 e. The molecule has 0 aromatic heterocycles. The summed E-state index contributed by atoms with van der Waals surface area (Å²) in [6, 6.07) is 8.04. The van der Waals surface area contributed by atoms with Crippen LogP contribution in [0.15, 0.2) is 24.3 Å². The van der Waals surface area contributed by atoms with Crippen LogP contribution in [0.25, 0.3) is 0 Å². The summed E-state index contributed by atoms with van der Waals surface area (Å²) in [5.74, 6) is 0.853. The fraction of sp³-hybridized carbons (Fsp3) is 0.455. The molecule has 2 rings (SSSR count). The lowest BCUT2D eigenvalue weighted by molar-refractivity contribution is 0.277. The molecule has 0 bridgehead atoms. The molecule has 1 saturated heterocycles. The Labute approximate surface area is 101 Å². The smallest absolute Gasteiger partial charge is 0.120 e. The first kappa shape index (κ1) is 12.6. The number of hydrogen-bond acceptors (Lipinski definition) is 2. The van der Waals surface area contributed by atoms with Gasteiger partial charge in [0.2, 0.25) is 0 Å². The van der Waals surface area contributed by atoms with E-state index >= 15 is 0 Å². The number of hydrogen-bond donors (Lipinski definition) is 1. The number of halogens is 2. The van der Waals surface area contributed by atoms with Gasteiger partial charge >= 0.3 is 0 Å². The van der Waals surface area contributed by atoms with E-state index in [0.29, 0.717) is 6.04 Å². The Balaban J connectivity index is 0.00000112. The van der Waals surface area contributed by atoms with E-state index in [2.05, 4.69) is 5.32 Å². The summed E-state index contributed by atoms with van der Waals surface area (Å²) in [5.41, 5.74) is 0. The molecule has 4 heteroatoms.